The highest BCUT2D eigenvalue weighted by atomic mass is 32.2. The van der Waals surface area contributed by atoms with Crippen LogP contribution in [0.4, 0.5) is 18.9 Å². The predicted molar refractivity (Wildman–Crippen MR) is 118 cm³/mol. The Kier molecular flexibility index (Phi) is 7.28. The molecule has 1 N–H and O–H groups in total. The molecular formula is C23H25F3N2O3S. The smallest absolute Gasteiger partial charge is 0.254 e. The van der Waals surface area contributed by atoms with Crippen LogP contribution in [0.1, 0.15) is 48.1 Å². The van der Waals surface area contributed by atoms with Gasteiger partial charge in [-0.15, -0.1) is 0 Å². The number of hydrogen-bond acceptors (Lipinski definition) is 4. The first-order chi connectivity index (χ1) is 15.0. The van der Waals surface area contributed by atoms with Crippen molar-refractivity contribution in [3.63, 3.8) is 0 Å². The monoisotopic (exact) mass is 466 g/mol. The van der Waals surface area contributed by atoms with Crippen LogP contribution < -0.4 is 10.2 Å². The number of benzene rings is 2. The van der Waals surface area contributed by atoms with Gasteiger partial charge in [-0.05, 0) is 50.5 Å². The van der Waals surface area contributed by atoms with Crippen molar-refractivity contribution >= 4 is 21.4 Å². The zero-order valence-corrected chi connectivity index (χ0v) is 18.6. The molecule has 1 heterocycles. The molecule has 1 aliphatic rings. The molecule has 0 aromatic heterocycles. The molecule has 2 aromatic carbocycles. The van der Waals surface area contributed by atoms with Crippen LogP contribution in [0, 0.1) is 17.5 Å². The average Bonchev–Trinajstić information content (AvgIpc) is 2.72. The van der Waals surface area contributed by atoms with Gasteiger partial charge in [0.25, 0.3) is 5.91 Å². The van der Waals surface area contributed by atoms with Gasteiger partial charge in [-0.3, -0.25) is 4.79 Å². The Labute approximate surface area is 185 Å². The Bertz CT molecular complexity index is 1140. The number of piperidine rings is 1. The third-order valence-electron chi connectivity index (χ3n) is 5.33. The standard InChI is InChI=1S/C23H25F3N2O3S/c1-15(10-12-32(2,30)31)27-23(29)19-9-7-17(14-21(19)26)28-11-4-3-5-22(28)18-8-6-16(24)13-20(18)25/h6-10,12-15,22H,3-5,11H2,1-2H3,(H,27,29)/b12-10+/t15-,22?/m1/s1. The van der Waals surface area contributed by atoms with Crippen molar-refractivity contribution in [2.75, 3.05) is 17.7 Å². The first-order valence-corrected chi connectivity index (χ1v) is 12.2. The fraction of sp³-hybridized carbons (Fsp3) is 0.348. The SMILES string of the molecule is C[C@H](/C=C/S(C)(=O)=O)NC(=O)c1ccc(N2CCCCC2c2ccc(F)cc2F)cc1F. The zero-order valence-electron chi connectivity index (χ0n) is 17.8. The second-order valence-electron chi connectivity index (χ2n) is 7.96. The molecule has 1 unspecified atom stereocenters. The highest BCUT2D eigenvalue weighted by Gasteiger charge is 2.27. The van der Waals surface area contributed by atoms with Gasteiger partial charge in [-0.1, -0.05) is 12.1 Å². The molecule has 1 aliphatic heterocycles. The summed E-state index contributed by atoms with van der Waals surface area (Å²) in [6, 6.07) is 6.64. The summed E-state index contributed by atoms with van der Waals surface area (Å²) in [7, 11) is -3.34. The topological polar surface area (TPSA) is 66.5 Å². The van der Waals surface area contributed by atoms with Crippen molar-refractivity contribution in [3.8, 4) is 0 Å². The molecule has 0 saturated carbocycles. The lowest BCUT2D eigenvalue weighted by molar-refractivity contribution is 0.0943. The minimum atomic E-state index is -3.34. The van der Waals surface area contributed by atoms with E-state index in [9.17, 15) is 26.4 Å². The van der Waals surface area contributed by atoms with Crippen LogP contribution in [0.5, 0.6) is 0 Å². The molecule has 2 aromatic rings. The summed E-state index contributed by atoms with van der Waals surface area (Å²) in [4.78, 5) is 14.3. The Balaban J connectivity index is 1.81. The molecular weight excluding hydrogens is 441 g/mol. The Hall–Kier alpha value is -2.81. The summed E-state index contributed by atoms with van der Waals surface area (Å²) < 4.78 is 64.9. The van der Waals surface area contributed by atoms with Gasteiger partial charge in [-0.25, -0.2) is 21.6 Å². The highest BCUT2D eigenvalue weighted by molar-refractivity contribution is 7.93. The van der Waals surface area contributed by atoms with E-state index in [1.165, 1.54) is 30.3 Å². The van der Waals surface area contributed by atoms with E-state index in [0.29, 0.717) is 24.2 Å². The Morgan fingerprint density at radius 3 is 2.53 bits per heavy atom. The number of halogens is 3. The number of carbonyl (C=O) groups is 1. The van der Waals surface area contributed by atoms with Gasteiger partial charge in [0, 0.05) is 41.6 Å². The second kappa shape index (κ2) is 9.77. The van der Waals surface area contributed by atoms with Gasteiger partial charge >= 0.3 is 0 Å². The summed E-state index contributed by atoms with van der Waals surface area (Å²) in [6.45, 7) is 2.14. The molecule has 1 amide bonds. The van der Waals surface area contributed by atoms with Gasteiger partial charge in [0.05, 0.1) is 11.6 Å². The van der Waals surface area contributed by atoms with E-state index in [-0.39, 0.29) is 11.6 Å². The largest absolute Gasteiger partial charge is 0.364 e. The molecule has 0 radical (unpaired) electrons. The van der Waals surface area contributed by atoms with Gasteiger partial charge in [0.2, 0.25) is 0 Å². The number of nitrogens with one attached hydrogen (secondary N) is 1. The zero-order chi connectivity index (χ0) is 23.5. The number of sulfone groups is 1. The Morgan fingerprint density at radius 1 is 1.12 bits per heavy atom. The van der Waals surface area contributed by atoms with Crippen LogP contribution in [0.25, 0.3) is 0 Å². The molecule has 2 atom stereocenters. The van der Waals surface area contributed by atoms with Crippen LogP contribution in [0.3, 0.4) is 0 Å². The maximum Gasteiger partial charge on any atom is 0.254 e. The lowest BCUT2D eigenvalue weighted by Crippen LogP contribution is -2.34. The number of anilines is 1. The van der Waals surface area contributed by atoms with E-state index in [4.69, 9.17) is 0 Å². The molecule has 3 rings (SSSR count). The summed E-state index contributed by atoms with van der Waals surface area (Å²) in [6.07, 6.45) is 4.67. The number of hydrogen-bond donors (Lipinski definition) is 1. The molecule has 0 spiro atoms. The molecule has 172 valence electrons. The summed E-state index contributed by atoms with van der Waals surface area (Å²) in [5, 5.41) is 3.50. The van der Waals surface area contributed by atoms with E-state index >= 15 is 0 Å². The normalized spacial score (nSPS) is 18.0. The van der Waals surface area contributed by atoms with E-state index in [1.807, 2.05) is 4.90 Å². The average molecular weight is 467 g/mol. The molecule has 5 nitrogen and oxygen atoms in total. The third kappa shape index (κ3) is 5.91. The van der Waals surface area contributed by atoms with E-state index < -0.39 is 39.2 Å². The lowest BCUT2D eigenvalue weighted by Gasteiger charge is -2.38. The maximum atomic E-state index is 14.8. The first kappa shape index (κ1) is 23.8. The van der Waals surface area contributed by atoms with Crippen LogP contribution in [0.2, 0.25) is 0 Å². The molecule has 0 bridgehead atoms. The minimum Gasteiger partial charge on any atom is -0.364 e. The quantitative estimate of drug-likeness (QED) is 0.680. The molecule has 32 heavy (non-hydrogen) atoms. The van der Waals surface area contributed by atoms with Gasteiger partial charge < -0.3 is 10.2 Å². The third-order valence-corrected chi connectivity index (χ3v) is 5.98. The predicted octanol–water partition coefficient (Wildman–Crippen LogP) is 4.51. The number of rotatable bonds is 6. The van der Waals surface area contributed by atoms with Crippen molar-refractivity contribution in [2.24, 2.45) is 0 Å². The molecule has 1 saturated heterocycles. The first-order valence-electron chi connectivity index (χ1n) is 10.3. The second-order valence-corrected chi connectivity index (χ2v) is 9.89. The molecule has 9 heteroatoms. The van der Waals surface area contributed by atoms with E-state index in [0.717, 1.165) is 30.6 Å². The maximum absolute atomic E-state index is 14.8. The van der Waals surface area contributed by atoms with Crippen LogP contribution in [-0.2, 0) is 9.84 Å². The minimum absolute atomic E-state index is 0.185. The van der Waals surface area contributed by atoms with Crippen molar-refractivity contribution < 1.29 is 26.4 Å². The van der Waals surface area contributed by atoms with Gasteiger partial charge in [-0.2, -0.15) is 0 Å². The van der Waals surface area contributed by atoms with Crippen LogP contribution in [0.15, 0.2) is 47.9 Å². The molecule has 1 fully saturated rings. The molecule has 0 aliphatic carbocycles. The number of carbonyl (C=O) groups excluding carboxylic acids is 1. The highest BCUT2D eigenvalue weighted by Crippen LogP contribution is 2.36. The number of amides is 1. The summed E-state index contributed by atoms with van der Waals surface area (Å²) >= 11 is 0. The van der Waals surface area contributed by atoms with Crippen molar-refractivity contribution in [1.29, 1.82) is 0 Å². The Morgan fingerprint density at radius 2 is 1.88 bits per heavy atom. The summed E-state index contributed by atoms with van der Waals surface area (Å²) in [5.74, 6) is -2.73. The lowest BCUT2D eigenvalue weighted by atomic mass is 9.94. The van der Waals surface area contributed by atoms with Crippen molar-refractivity contribution in [2.45, 2.75) is 38.3 Å². The fourth-order valence-electron chi connectivity index (χ4n) is 3.80. The number of nitrogens with zero attached hydrogens (tertiary/aromatic N) is 1. The van der Waals surface area contributed by atoms with E-state index in [1.54, 1.807) is 13.0 Å². The van der Waals surface area contributed by atoms with Crippen LogP contribution >= 0.6 is 0 Å². The fourth-order valence-corrected chi connectivity index (χ4v) is 4.32. The van der Waals surface area contributed by atoms with E-state index in [2.05, 4.69) is 5.32 Å². The van der Waals surface area contributed by atoms with Crippen molar-refractivity contribution in [1.82, 2.24) is 5.32 Å². The van der Waals surface area contributed by atoms with Crippen molar-refractivity contribution in [3.05, 3.63) is 76.5 Å². The van der Waals surface area contributed by atoms with Gasteiger partial charge in [0.15, 0.2) is 9.84 Å². The van der Waals surface area contributed by atoms with Gasteiger partial charge in [0.1, 0.15) is 17.5 Å². The summed E-state index contributed by atoms with van der Waals surface area (Å²) in [5.41, 5.74) is 0.659. The van der Waals surface area contributed by atoms with Crippen LogP contribution in [-0.4, -0.2) is 33.2 Å².